The molecule has 0 radical (unpaired) electrons. The lowest BCUT2D eigenvalue weighted by atomic mass is 9.86. The molecular formula is C16H28N4O2. The van der Waals surface area contributed by atoms with Crippen molar-refractivity contribution in [1.29, 1.82) is 0 Å². The number of rotatable bonds is 3. The molecule has 2 N–H and O–H groups in total. The van der Waals surface area contributed by atoms with Gasteiger partial charge in [-0.3, -0.25) is 9.69 Å². The van der Waals surface area contributed by atoms with Crippen LogP contribution in [0.4, 0.5) is 0 Å². The zero-order chi connectivity index (χ0) is 16.5. The molecule has 1 amide bonds. The average molecular weight is 308 g/mol. The maximum absolute atomic E-state index is 12.4. The Morgan fingerprint density at radius 2 is 1.86 bits per heavy atom. The molecule has 0 bridgehead atoms. The number of amides is 1. The maximum atomic E-state index is 12.4. The Hall–Kier alpha value is -1.40. The molecule has 0 aliphatic carbocycles. The number of carbonyl (C=O) groups excluding carboxylic acids is 1. The Morgan fingerprint density at radius 3 is 2.32 bits per heavy atom. The molecule has 1 aromatic heterocycles. The molecule has 2 heterocycles. The van der Waals surface area contributed by atoms with Gasteiger partial charge in [-0.05, 0) is 19.3 Å². The highest BCUT2D eigenvalue weighted by Gasteiger charge is 2.32. The van der Waals surface area contributed by atoms with Crippen LogP contribution in [0, 0.1) is 19.3 Å². The fraction of sp³-hybridized carbons (Fsp3) is 0.750. The van der Waals surface area contributed by atoms with E-state index in [1.807, 2.05) is 39.5 Å². The van der Waals surface area contributed by atoms with Crippen molar-refractivity contribution in [3.63, 3.8) is 0 Å². The van der Waals surface area contributed by atoms with Crippen molar-refractivity contribution in [3.05, 3.63) is 17.3 Å². The van der Waals surface area contributed by atoms with Crippen LogP contribution < -0.4 is 5.73 Å². The zero-order valence-corrected chi connectivity index (χ0v) is 14.3. The number of aromatic nitrogens is 1. The molecule has 0 saturated carbocycles. The van der Waals surface area contributed by atoms with Crippen molar-refractivity contribution in [1.82, 2.24) is 14.8 Å². The topological polar surface area (TPSA) is 75.6 Å². The first kappa shape index (κ1) is 17.0. The van der Waals surface area contributed by atoms with Crippen molar-refractivity contribution in [2.75, 3.05) is 26.2 Å². The summed E-state index contributed by atoms with van der Waals surface area (Å²) < 4.78 is 5.62. The fourth-order valence-corrected chi connectivity index (χ4v) is 2.49. The minimum atomic E-state index is -0.448. The Labute approximate surface area is 132 Å². The van der Waals surface area contributed by atoms with Gasteiger partial charge in [-0.15, -0.1) is 0 Å². The van der Waals surface area contributed by atoms with E-state index < -0.39 is 6.04 Å². The predicted molar refractivity (Wildman–Crippen MR) is 85.3 cm³/mol. The number of piperazine rings is 1. The van der Waals surface area contributed by atoms with Gasteiger partial charge in [0.1, 0.15) is 5.76 Å². The molecule has 1 aliphatic heterocycles. The largest absolute Gasteiger partial charge is 0.444 e. The molecule has 0 aromatic carbocycles. The van der Waals surface area contributed by atoms with Crippen LogP contribution in [0.5, 0.6) is 0 Å². The molecule has 2 rings (SSSR count). The lowest BCUT2D eigenvalue weighted by molar-refractivity contribution is -0.136. The van der Waals surface area contributed by atoms with Crippen molar-refractivity contribution in [3.8, 4) is 0 Å². The van der Waals surface area contributed by atoms with Gasteiger partial charge in [0.05, 0.1) is 18.3 Å². The van der Waals surface area contributed by atoms with E-state index in [2.05, 4.69) is 9.88 Å². The molecular weight excluding hydrogens is 280 g/mol. The van der Waals surface area contributed by atoms with Crippen molar-refractivity contribution < 1.29 is 9.21 Å². The van der Waals surface area contributed by atoms with E-state index in [4.69, 9.17) is 10.2 Å². The summed E-state index contributed by atoms with van der Waals surface area (Å²) in [4.78, 5) is 21.0. The molecule has 0 unspecified atom stereocenters. The first-order valence-corrected chi connectivity index (χ1v) is 7.88. The Balaban J connectivity index is 1.86. The Morgan fingerprint density at radius 1 is 1.27 bits per heavy atom. The first-order valence-electron chi connectivity index (χ1n) is 7.88. The van der Waals surface area contributed by atoms with E-state index in [1.54, 1.807) is 0 Å². The molecule has 1 atom stereocenters. The molecule has 22 heavy (non-hydrogen) atoms. The van der Waals surface area contributed by atoms with E-state index in [9.17, 15) is 4.79 Å². The lowest BCUT2D eigenvalue weighted by Crippen LogP contribution is -2.56. The van der Waals surface area contributed by atoms with Crippen molar-refractivity contribution >= 4 is 5.91 Å². The van der Waals surface area contributed by atoms with Crippen LogP contribution in [0.25, 0.3) is 0 Å². The smallest absolute Gasteiger partial charge is 0.240 e. The fourth-order valence-electron chi connectivity index (χ4n) is 2.49. The Bertz CT molecular complexity index is 505. The number of hydrogen-bond donors (Lipinski definition) is 1. The maximum Gasteiger partial charge on any atom is 0.240 e. The van der Waals surface area contributed by atoms with E-state index in [-0.39, 0.29) is 11.3 Å². The van der Waals surface area contributed by atoms with Crippen LogP contribution in [0.2, 0.25) is 0 Å². The Kier molecular flexibility index (Phi) is 4.92. The molecule has 124 valence electrons. The van der Waals surface area contributed by atoms with Gasteiger partial charge in [-0.25, -0.2) is 4.98 Å². The van der Waals surface area contributed by atoms with Crippen LogP contribution in [-0.2, 0) is 11.3 Å². The van der Waals surface area contributed by atoms with Gasteiger partial charge in [0.15, 0.2) is 0 Å². The monoisotopic (exact) mass is 308 g/mol. The van der Waals surface area contributed by atoms with Crippen LogP contribution in [0.1, 0.15) is 38.1 Å². The second kappa shape index (κ2) is 6.38. The summed E-state index contributed by atoms with van der Waals surface area (Å²) in [6.45, 7) is 13.6. The highest BCUT2D eigenvalue weighted by molar-refractivity contribution is 5.82. The number of oxazole rings is 1. The average Bonchev–Trinajstić information content (AvgIpc) is 2.75. The van der Waals surface area contributed by atoms with Gasteiger partial charge in [0, 0.05) is 26.2 Å². The van der Waals surface area contributed by atoms with Crippen LogP contribution in [-0.4, -0.2) is 52.9 Å². The highest BCUT2D eigenvalue weighted by atomic mass is 16.4. The SMILES string of the molecule is Cc1nc(CN2CCN(C(=O)[C@@H](N)C(C)(C)C)CC2)oc1C. The van der Waals surface area contributed by atoms with E-state index in [0.29, 0.717) is 19.6 Å². The van der Waals surface area contributed by atoms with Gasteiger partial charge < -0.3 is 15.1 Å². The van der Waals surface area contributed by atoms with Crippen LogP contribution in [0.15, 0.2) is 4.42 Å². The standard InChI is InChI=1S/C16H28N4O2/c1-11-12(2)22-13(18-11)10-19-6-8-20(9-7-19)15(21)14(17)16(3,4)5/h14H,6-10,17H2,1-5H3/t14-/m1/s1. The second-order valence-electron chi connectivity index (χ2n) is 7.19. The molecule has 6 heteroatoms. The summed E-state index contributed by atoms with van der Waals surface area (Å²) in [5, 5.41) is 0. The zero-order valence-electron chi connectivity index (χ0n) is 14.3. The molecule has 6 nitrogen and oxygen atoms in total. The van der Waals surface area contributed by atoms with Gasteiger partial charge in [-0.1, -0.05) is 20.8 Å². The number of hydrogen-bond acceptors (Lipinski definition) is 5. The molecule has 1 aromatic rings. The highest BCUT2D eigenvalue weighted by Crippen LogP contribution is 2.20. The lowest BCUT2D eigenvalue weighted by Gasteiger charge is -2.37. The van der Waals surface area contributed by atoms with Gasteiger partial charge in [0.25, 0.3) is 0 Å². The number of nitrogens with zero attached hydrogens (tertiary/aromatic N) is 3. The summed E-state index contributed by atoms with van der Waals surface area (Å²) in [6, 6.07) is -0.448. The third-order valence-corrected chi connectivity index (χ3v) is 4.31. The molecule has 1 saturated heterocycles. The number of aryl methyl sites for hydroxylation is 2. The van der Waals surface area contributed by atoms with Crippen LogP contribution in [0.3, 0.4) is 0 Å². The summed E-state index contributed by atoms with van der Waals surface area (Å²) >= 11 is 0. The molecule has 0 spiro atoms. The van der Waals surface area contributed by atoms with E-state index in [0.717, 1.165) is 30.4 Å². The van der Waals surface area contributed by atoms with Crippen LogP contribution >= 0.6 is 0 Å². The summed E-state index contributed by atoms with van der Waals surface area (Å²) in [5.74, 6) is 1.68. The van der Waals surface area contributed by atoms with Gasteiger partial charge in [-0.2, -0.15) is 0 Å². The number of nitrogens with two attached hydrogens (primary N) is 1. The van der Waals surface area contributed by atoms with Crippen molar-refractivity contribution in [2.24, 2.45) is 11.1 Å². The minimum Gasteiger partial charge on any atom is -0.444 e. The van der Waals surface area contributed by atoms with Crippen molar-refractivity contribution in [2.45, 2.75) is 47.2 Å². The third kappa shape index (κ3) is 3.87. The third-order valence-electron chi connectivity index (χ3n) is 4.31. The molecule has 1 aliphatic rings. The summed E-state index contributed by atoms with van der Waals surface area (Å²) in [6.07, 6.45) is 0. The summed E-state index contributed by atoms with van der Waals surface area (Å²) in [7, 11) is 0. The van der Waals surface area contributed by atoms with Gasteiger partial charge in [0.2, 0.25) is 11.8 Å². The van der Waals surface area contributed by atoms with Gasteiger partial charge >= 0.3 is 0 Å². The molecule has 1 fully saturated rings. The second-order valence-corrected chi connectivity index (χ2v) is 7.19. The first-order chi connectivity index (χ1) is 10.2. The normalized spacial score (nSPS) is 18.5. The quantitative estimate of drug-likeness (QED) is 0.911. The number of carbonyl (C=O) groups is 1. The van der Waals surface area contributed by atoms with E-state index >= 15 is 0 Å². The predicted octanol–water partition coefficient (Wildman–Crippen LogP) is 1.31. The minimum absolute atomic E-state index is 0.0509. The summed E-state index contributed by atoms with van der Waals surface area (Å²) in [5.41, 5.74) is 6.81. The van der Waals surface area contributed by atoms with E-state index in [1.165, 1.54) is 0 Å².